The molecule has 0 bridgehead atoms. The Hall–Kier alpha value is -1.23. The molecule has 0 saturated heterocycles. The second-order valence-electron chi connectivity index (χ2n) is 3.44. The van der Waals surface area contributed by atoms with Gasteiger partial charge in [0.2, 0.25) is 5.91 Å². The van der Waals surface area contributed by atoms with Crippen LogP contribution in [0.15, 0.2) is 18.2 Å². The number of hydrogen-bond acceptors (Lipinski definition) is 3. The third-order valence-corrected chi connectivity index (χ3v) is 2.58. The van der Waals surface area contributed by atoms with Gasteiger partial charge in [-0.15, -0.1) is 0 Å². The van der Waals surface area contributed by atoms with Gasteiger partial charge in [-0.2, -0.15) is 0 Å². The molecule has 0 unspecified atom stereocenters. The van der Waals surface area contributed by atoms with Crippen LogP contribution in [0.4, 0.5) is 5.69 Å². The first kappa shape index (κ1) is 13.8. The van der Waals surface area contributed by atoms with Crippen molar-refractivity contribution in [1.29, 1.82) is 0 Å². The van der Waals surface area contributed by atoms with Gasteiger partial charge < -0.3 is 14.8 Å². The molecule has 0 fully saturated rings. The van der Waals surface area contributed by atoms with E-state index in [9.17, 15) is 4.79 Å². The lowest BCUT2D eigenvalue weighted by atomic mass is 10.2. The number of ether oxygens (including phenoxy) is 2. The Kier molecular flexibility index (Phi) is 5.83. The van der Waals surface area contributed by atoms with E-state index in [-0.39, 0.29) is 5.91 Å². The van der Waals surface area contributed by atoms with E-state index in [1.807, 2.05) is 0 Å². The van der Waals surface area contributed by atoms with Gasteiger partial charge in [0.15, 0.2) is 11.5 Å². The van der Waals surface area contributed by atoms with E-state index in [4.69, 9.17) is 9.47 Å². The molecule has 1 aromatic rings. The molecule has 1 rings (SSSR count). The number of nitrogens with one attached hydrogen (secondary N) is 1. The summed E-state index contributed by atoms with van der Waals surface area (Å²) < 4.78 is 10.8. The maximum atomic E-state index is 10.9. The second kappa shape index (κ2) is 7.17. The molecule has 17 heavy (non-hydrogen) atoms. The summed E-state index contributed by atoms with van der Waals surface area (Å²) in [4.78, 5) is 10.9. The average molecular weight is 302 g/mol. The molecular formula is C12H16BrNO3. The minimum absolute atomic E-state index is 0.110. The topological polar surface area (TPSA) is 47.6 Å². The molecule has 0 atom stereocenters. The first-order chi connectivity index (χ1) is 8.17. The summed E-state index contributed by atoms with van der Waals surface area (Å²) in [5, 5.41) is 3.59. The van der Waals surface area contributed by atoms with Crippen molar-refractivity contribution >= 4 is 27.5 Å². The average Bonchev–Trinajstić information content (AvgIpc) is 2.29. The van der Waals surface area contributed by atoms with Crippen LogP contribution in [0.25, 0.3) is 0 Å². The normalized spacial score (nSPS) is 9.82. The van der Waals surface area contributed by atoms with E-state index in [2.05, 4.69) is 21.2 Å². The summed E-state index contributed by atoms with van der Waals surface area (Å²) in [6.07, 6.45) is 0.910. The van der Waals surface area contributed by atoms with Gasteiger partial charge in [-0.05, 0) is 18.6 Å². The van der Waals surface area contributed by atoms with Crippen molar-refractivity contribution in [3.05, 3.63) is 18.2 Å². The Morgan fingerprint density at radius 3 is 2.76 bits per heavy atom. The molecule has 0 saturated carbocycles. The van der Waals surface area contributed by atoms with Crippen molar-refractivity contribution in [1.82, 2.24) is 0 Å². The van der Waals surface area contributed by atoms with Crippen molar-refractivity contribution in [3.8, 4) is 11.5 Å². The smallest absolute Gasteiger partial charge is 0.221 e. The quantitative estimate of drug-likeness (QED) is 0.649. The van der Waals surface area contributed by atoms with Crippen molar-refractivity contribution < 1.29 is 14.3 Å². The number of benzene rings is 1. The predicted molar refractivity (Wildman–Crippen MR) is 71.2 cm³/mol. The maximum Gasteiger partial charge on any atom is 0.221 e. The van der Waals surface area contributed by atoms with Gasteiger partial charge in [-0.25, -0.2) is 0 Å². The third-order valence-electron chi connectivity index (χ3n) is 2.02. The summed E-state index contributed by atoms with van der Waals surface area (Å²) in [5.74, 6) is 1.19. The summed E-state index contributed by atoms with van der Waals surface area (Å²) >= 11 is 3.34. The highest BCUT2D eigenvalue weighted by molar-refractivity contribution is 9.09. The molecule has 4 nitrogen and oxygen atoms in total. The Labute approximate surface area is 109 Å². The minimum atomic E-state index is -0.110. The van der Waals surface area contributed by atoms with E-state index in [0.29, 0.717) is 23.8 Å². The van der Waals surface area contributed by atoms with Crippen molar-refractivity contribution in [2.24, 2.45) is 0 Å². The van der Waals surface area contributed by atoms with Crippen molar-refractivity contribution in [2.45, 2.75) is 13.3 Å². The van der Waals surface area contributed by atoms with E-state index in [0.717, 1.165) is 11.8 Å². The van der Waals surface area contributed by atoms with Crippen LogP contribution in [0.3, 0.4) is 0 Å². The summed E-state index contributed by atoms with van der Waals surface area (Å²) in [5.41, 5.74) is 0.701. The zero-order valence-corrected chi connectivity index (χ0v) is 11.5. The fourth-order valence-electron chi connectivity index (χ4n) is 1.31. The van der Waals surface area contributed by atoms with Crippen LogP contribution in [-0.2, 0) is 4.79 Å². The molecule has 1 N–H and O–H groups in total. The van der Waals surface area contributed by atoms with Gasteiger partial charge in [-0.1, -0.05) is 15.9 Å². The molecule has 0 aliphatic heterocycles. The molecule has 0 spiro atoms. The highest BCUT2D eigenvalue weighted by atomic mass is 79.9. The van der Waals surface area contributed by atoms with Crippen LogP contribution >= 0.6 is 15.9 Å². The number of amides is 1. The minimum Gasteiger partial charge on any atom is -0.493 e. The lowest BCUT2D eigenvalue weighted by molar-refractivity contribution is -0.114. The largest absolute Gasteiger partial charge is 0.493 e. The van der Waals surface area contributed by atoms with Crippen molar-refractivity contribution in [2.75, 3.05) is 24.4 Å². The molecule has 0 aromatic heterocycles. The Bertz CT molecular complexity index is 382. The number of methoxy groups -OCH3 is 1. The highest BCUT2D eigenvalue weighted by Gasteiger charge is 2.06. The molecular weight excluding hydrogens is 286 g/mol. The fourth-order valence-corrected chi connectivity index (χ4v) is 1.54. The molecule has 94 valence electrons. The lowest BCUT2D eigenvalue weighted by Crippen LogP contribution is -2.06. The van der Waals surface area contributed by atoms with Crippen molar-refractivity contribution in [3.63, 3.8) is 0 Å². The highest BCUT2D eigenvalue weighted by Crippen LogP contribution is 2.30. The summed E-state index contributed by atoms with van der Waals surface area (Å²) in [6, 6.07) is 5.31. The van der Waals surface area contributed by atoms with Crippen LogP contribution in [-0.4, -0.2) is 25.0 Å². The molecule has 0 aliphatic carbocycles. The number of carbonyl (C=O) groups excluding carboxylic acids is 1. The molecule has 0 aliphatic rings. The van der Waals surface area contributed by atoms with Crippen LogP contribution < -0.4 is 14.8 Å². The van der Waals surface area contributed by atoms with E-state index >= 15 is 0 Å². The van der Waals surface area contributed by atoms with Gasteiger partial charge in [0, 0.05) is 24.0 Å². The fraction of sp³-hybridized carbons (Fsp3) is 0.417. The standard InChI is InChI=1S/C12H16BrNO3/c1-9(15)14-10-4-5-11(16-2)12(8-10)17-7-3-6-13/h4-5,8H,3,6-7H2,1-2H3,(H,14,15). The van der Waals surface area contributed by atoms with Crippen LogP contribution in [0, 0.1) is 0 Å². The number of rotatable bonds is 6. The van der Waals surface area contributed by atoms with Gasteiger partial charge in [0.25, 0.3) is 0 Å². The molecule has 0 heterocycles. The van der Waals surface area contributed by atoms with Gasteiger partial charge >= 0.3 is 0 Å². The molecule has 5 heteroatoms. The zero-order valence-electron chi connectivity index (χ0n) is 9.96. The number of anilines is 1. The Morgan fingerprint density at radius 2 is 2.18 bits per heavy atom. The molecule has 0 radical (unpaired) electrons. The van der Waals surface area contributed by atoms with Gasteiger partial charge in [-0.3, -0.25) is 4.79 Å². The zero-order chi connectivity index (χ0) is 12.7. The monoisotopic (exact) mass is 301 g/mol. The predicted octanol–water partition coefficient (Wildman–Crippen LogP) is 2.82. The number of hydrogen-bond donors (Lipinski definition) is 1. The molecule has 1 amide bonds. The first-order valence-electron chi connectivity index (χ1n) is 5.31. The number of carbonyl (C=O) groups is 1. The van der Waals surface area contributed by atoms with Gasteiger partial charge in [0.05, 0.1) is 13.7 Å². The first-order valence-corrected chi connectivity index (χ1v) is 6.44. The van der Waals surface area contributed by atoms with Crippen LogP contribution in [0.5, 0.6) is 11.5 Å². The SMILES string of the molecule is COc1ccc(NC(C)=O)cc1OCCCBr. The second-order valence-corrected chi connectivity index (χ2v) is 4.23. The van der Waals surface area contributed by atoms with Crippen LogP contribution in [0.1, 0.15) is 13.3 Å². The van der Waals surface area contributed by atoms with Gasteiger partial charge in [0.1, 0.15) is 0 Å². The van der Waals surface area contributed by atoms with E-state index in [1.165, 1.54) is 6.92 Å². The summed E-state index contributed by atoms with van der Waals surface area (Å²) in [7, 11) is 1.59. The Morgan fingerprint density at radius 1 is 1.41 bits per heavy atom. The third kappa shape index (κ3) is 4.65. The van der Waals surface area contributed by atoms with E-state index < -0.39 is 0 Å². The molecule has 1 aromatic carbocycles. The number of alkyl halides is 1. The van der Waals surface area contributed by atoms with E-state index in [1.54, 1.807) is 25.3 Å². The number of halogens is 1. The lowest BCUT2D eigenvalue weighted by Gasteiger charge is -2.12. The van der Waals surface area contributed by atoms with Crippen LogP contribution in [0.2, 0.25) is 0 Å². The Balaban J connectivity index is 2.78. The maximum absolute atomic E-state index is 10.9. The summed E-state index contributed by atoms with van der Waals surface area (Å²) in [6.45, 7) is 2.07.